The zero-order valence-corrected chi connectivity index (χ0v) is 13.2. The third kappa shape index (κ3) is 4.93. The first-order valence-corrected chi connectivity index (χ1v) is 7.51. The minimum atomic E-state index is 0.131. The Hall–Kier alpha value is -0.840. The highest BCUT2D eigenvalue weighted by atomic mass is 16.5. The lowest BCUT2D eigenvalue weighted by atomic mass is 10.1. The molecule has 0 aromatic carbocycles. The molecule has 4 heteroatoms. The highest BCUT2D eigenvalue weighted by Gasteiger charge is 2.34. The SMILES string of the molecule is COCC(CNC(C)(C)C)N(Cc1ccco1)C1CC1. The van der Waals surface area contributed by atoms with Crippen LogP contribution in [0.5, 0.6) is 0 Å². The fourth-order valence-electron chi connectivity index (χ4n) is 2.43. The number of methoxy groups -OCH3 is 1. The molecule has 1 aromatic rings. The fourth-order valence-corrected chi connectivity index (χ4v) is 2.43. The van der Waals surface area contributed by atoms with E-state index in [1.165, 1.54) is 12.8 Å². The van der Waals surface area contributed by atoms with Crippen LogP contribution in [0.1, 0.15) is 39.4 Å². The van der Waals surface area contributed by atoms with Gasteiger partial charge in [0.05, 0.1) is 19.4 Å². The molecule has 1 atom stereocenters. The quantitative estimate of drug-likeness (QED) is 0.794. The maximum absolute atomic E-state index is 5.51. The smallest absolute Gasteiger partial charge is 0.117 e. The number of rotatable bonds is 8. The zero-order valence-electron chi connectivity index (χ0n) is 13.2. The molecular formula is C16H28N2O2. The van der Waals surface area contributed by atoms with Crippen molar-refractivity contribution in [1.29, 1.82) is 0 Å². The van der Waals surface area contributed by atoms with E-state index in [9.17, 15) is 0 Å². The van der Waals surface area contributed by atoms with Crippen molar-refractivity contribution in [1.82, 2.24) is 10.2 Å². The molecule has 1 aliphatic carbocycles. The molecule has 1 N–H and O–H groups in total. The normalized spacial score (nSPS) is 17.6. The Morgan fingerprint density at radius 2 is 2.20 bits per heavy atom. The van der Waals surface area contributed by atoms with Gasteiger partial charge in [0.15, 0.2) is 0 Å². The summed E-state index contributed by atoms with van der Waals surface area (Å²) in [7, 11) is 1.78. The van der Waals surface area contributed by atoms with Crippen molar-refractivity contribution in [2.75, 3.05) is 20.3 Å². The van der Waals surface area contributed by atoms with Gasteiger partial charge in [-0.05, 0) is 45.7 Å². The van der Waals surface area contributed by atoms with Gasteiger partial charge in [0, 0.05) is 31.3 Å². The van der Waals surface area contributed by atoms with Gasteiger partial charge in [-0.2, -0.15) is 0 Å². The van der Waals surface area contributed by atoms with Gasteiger partial charge in [0.1, 0.15) is 5.76 Å². The predicted molar refractivity (Wildman–Crippen MR) is 80.7 cm³/mol. The predicted octanol–water partition coefficient (Wildman–Crippen LogP) is 2.65. The van der Waals surface area contributed by atoms with Crippen LogP contribution in [0.2, 0.25) is 0 Å². The summed E-state index contributed by atoms with van der Waals surface area (Å²) in [5.41, 5.74) is 0.131. The van der Waals surface area contributed by atoms with E-state index in [0.717, 1.165) is 25.5 Å². The number of hydrogen-bond donors (Lipinski definition) is 1. The van der Waals surface area contributed by atoms with Crippen molar-refractivity contribution in [3.63, 3.8) is 0 Å². The Morgan fingerprint density at radius 1 is 1.45 bits per heavy atom. The van der Waals surface area contributed by atoms with Crippen molar-refractivity contribution in [3.05, 3.63) is 24.2 Å². The van der Waals surface area contributed by atoms with Crippen LogP contribution < -0.4 is 5.32 Å². The van der Waals surface area contributed by atoms with Crippen molar-refractivity contribution >= 4 is 0 Å². The van der Waals surface area contributed by atoms with Crippen molar-refractivity contribution in [3.8, 4) is 0 Å². The molecule has 114 valence electrons. The molecule has 1 aromatic heterocycles. The largest absolute Gasteiger partial charge is 0.468 e. The first-order chi connectivity index (χ1) is 9.49. The summed E-state index contributed by atoms with van der Waals surface area (Å²) >= 11 is 0. The number of nitrogens with one attached hydrogen (secondary N) is 1. The Labute approximate surface area is 122 Å². The molecule has 1 fully saturated rings. The third-order valence-corrected chi connectivity index (χ3v) is 3.63. The molecule has 1 saturated carbocycles. The van der Waals surface area contributed by atoms with Crippen LogP contribution in [-0.2, 0) is 11.3 Å². The van der Waals surface area contributed by atoms with E-state index in [1.807, 2.05) is 6.07 Å². The maximum Gasteiger partial charge on any atom is 0.117 e. The lowest BCUT2D eigenvalue weighted by Gasteiger charge is -2.33. The highest BCUT2D eigenvalue weighted by Crippen LogP contribution is 2.30. The molecule has 2 rings (SSSR count). The van der Waals surface area contributed by atoms with Gasteiger partial charge in [0.2, 0.25) is 0 Å². The summed E-state index contributed by atoms with van der Waals surface area (Å²) in [5.74, 6) is 1.04. The second-order valence-electron chi connectivity index (χ2n) is 6.72. The second-order valence-corrected chi connectivity index (χ2v) is 6.72. The molecule has 4 nitrogen and oxygen atoms in total. The summed E-state index contributed by atoms with van der Waals surface area (Å²) < 4.78 is 10.9. The maximum atomic E-state index is 5.51. The van der Waals surface area contributed by atoms with Crippen LogP contribution in [0.25, 0.3) is 0 Å². The van der Waals surface area contributed by atoms with Crippen molar-refractivity contribution in [2.24, 2.45) is 0 Å². The van der Waals surface area contributed by atoms with Crippen LogP contribution in [0, 0.1) is 0 Å². The first-order valence-electron chi connectivity index (χ1n) is 7.51. The van der Waals surface area contributed by atoms with Gasteiger partial charge in [-0.25, -0.2) is 0 Å². The zero-order chi connectivity index (χ0) is 14.6. The summed E-state index contributed by atoms with van der Waals surface area (Å²) in [6.45, 7) is 9.16. The Morgan fingerprint density at radius 3 is 2.70 bits per heavy atom. The summed E-state index contributed by atoms with van der Waals surface area (Å²) in [6, 6.07) is 5.08. The van der Waals surface area contributed by atoms with E-state index >= 15 is 0 Å². The van der Waals surface area contributed by atoms with Crippen LogP contribution in [0.3, 0.4) is 0 Å². The summed E-state index contributed by atoms with van der Waals surface area (Å²) in [4.78, 5) is 2.53. The molecule has 0 saturated heterocycles. The van der Waals surface area contributed by atoms with E-state index in [4.69, 9.17) is 9.15 Å². The molecule has 1 aliphatic rings. The topological polar surface area (TPSA) is 37.6 Å². The minimum Gasteiger partial charge on any atom is -0.468 e. The number of ether oxygens (including phenoxy) is 1. The Bertz CT molecular complexity index is 380. The summed E-state index contributed by atoms with van der Waals surface area (Å²) in [6.07, 6.45) is 4.33. The van der Waals surface area contributed by atoms with Gasteiger partial charge in [0.25, 0.3) is 0 Å². The lowest BCUT2D eigenvalue weighted by Crippen LogP contribution is -2.50. The van der Waals surface area contributed by atoms with E-state index in [0.29, 0.717) is 12.1 Å². The fraction of sp³-hybridized carbons (Fsp3) is 0.750. The van der Waals surface area contributed by atoms with Gasteiger partial charge in [-0.15, -0.1) is 0 Å². The monoisotopic (exact) mass is 280 g/mol. The highest BCUT2D eigenvalue weighted by molar-refractivity contribution is 5.01. The molecule has 0 spiro atoms. The Balaban J connectivity index is 1.98. The molecule has 1 heterocycles. The average Bonchev–Trinajstić information content (AvgIpc) is 3.08. The molecule has 0 amide bonds. The molecule has 20 heavy (non-hydrogen) atoms. The minimum absolute atomic E-state index is 0.131. The molecular weight excluding hydrogens is 252 g/mol. The van der Waals surface area contributed by atoms with Crippen LogP contribution in [-0.4, -0.2) is 42.8 Å². The molecule has 1 unspecified atom stereocenters. The van der Waals surface area contributed by atoms with Crippen LogP contribution in [0.4, 0.5) is 0 Å². The van der Waals surface area contributed by atoms with Gasteiger partial charge >= 0.3 is 0 Å². The summed E-state index contributed by atoms with van der Waals surface area (Å²) in [5, 5.41) is 3.60. The van der Waals surface area contributed by atoms with E-state index in [-0.39, 0.29) is 5.54 Å². The lowest BCUT2D eigenvalue weighted by molar-refractivity contribution is 0.0706. The average molecular weight is 280 g/mol. The second kappa shape index (κ2) is 6.74. The molecule has 0 radical (unpaired) electrons. The number of hydrogen-bond acceptors (Lipinski definition) is 4. The van der Waals surface area contributed by atoms with Gasteiger partial charge < -0.3 is 14.5 Å². The van der Waals surface area contributed by atoms with E-state index < -0.39 is 0 Å². The van der Waals surface area contributed by atoms with Crippen molar-refractivity contribution < 1.29 is 9.15 Å². The molecule has 0 bridgehead atoms. The van der Waals surface area contributed by atoms with Gasteiger partial charge in [-0.3, -0.25) is 4.90 Å². The third-order valence-electron chi connectivity index (χ3n) is 3.63. The van der Waals surface area contributed by atoms with Crippen LogP contribution >= 0.6 is 0 Å². The number of nitrogens with zero attached hydrogens (tertiary/aromatic N) is 1. The number of furan rings is 1. The van der Waals surface area contributed by atoms with Crippen LogP contribution in [0.15, 0.2) is 22.8 Å². The molecule has 0 aliphatic heterocycles. The standard InChI is InChI=1S/C16H28N2O2/c1-16(2,3)17-10-14(12-19-4)18(13-7-8-13)11-15-6-5-9-20-15/h5-6,9,13-14,17H,7-8,10-12H2,1-4H3. The van der Waals surface area contributed by atoms with Gasteiger partial charge in [-0.1, -0.05) is 0 Å². The van der Waals surface area contributed by atoms with Crippen molar-refractivity contribution in [2.45, 2.75) is 57.8 Å². The van der Waals surface area contributed by atoms with E-state index in [2.05, 4.69) is 37.1 Å². The first kappa shape index (κ1) is 15.5. The van der Waals surface area contributed by atoms with E-state index in [1.54, 1.807) is 13.4 Å². The Kier molecular flexibility index (Phi) is 5.24.